The zero-order valence-electron chi connectivity index (χ0n) is 11.7. The number of hydrogen-bond acceptors (Lipinski definition) is 5. The van der Waals surface area contributed by atoms with Crippen molar-refractivity contribution in [2.45, 2.75) is 0 Å². The molecule has 0 saturated heterocycles. The predicted octanol–water partition coefficient (Wildman–Crippen LogP) is 1.15. The monoisotopic (exact) mass is 328 g/mol. The number of benzene rings is 1. The Bertz CT molecular complexity index is 648. The molecule has 2 rings (SSSR count). The second-order valence-corrected chi connectivity index (χ2v) is 4.96. The summed E-state index contributed by atoms with van der Waals surface area (Å²) in [5, 5.41) is 11.6. The first kappa shape index (κ1) is 16.3. The van der Waals surface area contributed by atoms with Gasteiger partial charge < -0.3 is 20.1 Å². The molecule has 0 fully saturated rings. The maximum absolute atomic E-state index is 13.2. The largest absolute Gasteiger partial charge is 0.466 e. The number of anilines is 1. The van der Waals surface area contributed by atoms with Gasteiger partial charge in [-0.1, -0.05) is 11.6 Å². The topological polar surface area (TPSA) is 78.9 Å². The van der Waals surface area contributed by atoms with Gasteiger partial charge >= 0.3 is 5.97 Å². The van der Waals surface area contributed by atoms with Crippen LogP contribution < -0.4 is 5.32 Å². The molecule has 0 aromatic heterocycles. The van der Waals surface area contributed by atoms with Crippen molar-refractivity contribution in [3.8, 4) is 0 Å². The highest BCUT2D eigenvalue weighted by Crippen LogP contribution is 2.25. The highest BCUT2D eigenvalue weighted by atomic mass is 35.5. The quantitative estimate of drug-likeness (QED) is 0.793. The number of methoxy groups -OCH3 is 1. The molecule has 0 bridgehead atoms. The van der Waals surface area contributed by atoms with Crippen LogP contribution in [0.5, 0.6) is 0 Å². The molecule has 22 heavy (non-hydrogen) atoms. The van der Waals surface area contributed by atoms with Crippen molar-refractivity contribution in [2.24, 2.45) is 0 Å². The lowest BCUT2D eigenvalue weighted by atomic mass is 10.2. The molecule has 0 aliphatic carbocycles. The average molecular weight is 329 g/mol. The van der Waals surface area contributed by atoms with Gasteiger partial charge in [0.05, 0.1) is 30.9 Å². The lowest BCUT2D eigenvalue weighted by Gasteiger charge is -2.15. The minimum atomic E-state index is -0.649. The highest BCUT2D eigenvalue weighted by molar-refractivity contribution is 6.31. The van der Waals surface area contributed by atoms with Crippen molar-refractivity contribution >= 4 is 29.2 Å². The molecular formula is C14H14ClFN2O4. The number of nitrogens with one attached hydrogen (secondary N) is 1. The van der Waals surface area contributed by atoms with Crippen molar-refractivity contribution in [3.05, 3.63) is 40.3 Å². The number of aliphatic hydroxyl groups excluding tert-OH is 1. The molecule has 1 heterocycles. The van der Waals surface area contributed by atoms with E-state index >= 15 is 0 Å². The number of carbonyl (C=O) groups excluding carboxylic acids is 2. The third-order valence-corrected chi connectivity index (χ3v) is 3.43. The van der Waals surface area contributed by atoms with Crippen LogP contribution in [0.3, 0.4) is 0 Å². The second kappa shape index (κ2) is 6.76. The van der Waals surface area contributed by atoms with Gasteiger partial charge in [-0.2, -0.15) is 0 Å². The van der Waals surface area contributed by atoms with Crippen LogP contribution in [0.15, 0.2) is 29.5 Å². The van der Waals surface area contributed by atoms with Crippen molar-refractivity contribution in [2.75, 3.05) is 32.1 Å². The Kier molecular flexibility index (Phi) is 4.99. The first-order valence-electron chi connectivity index (χ1n) is 6.41. The Morgan fingerprint density at radius 3 is 2.86 bits per heavy atom. The number of halogens is 2. The smallest absolute Gasteiger partial charge is 0.337 e. The number of hydrogen-bond donors (Lipinski definition) is 2. The summed E-state index contributed by atoms with van der Waals surface area (Å²) in [5.74, 6) is -1.69. The van der Waals surface area contributed by atoms with Crippen molar-refractivity contribution < 1.29 is 23.8 Å². The summed E-state index contributed by atoms with van der Waals surface area (Å²) in [6.45, 7) is -0.103. The first-order valence-corrected chi connectivity index (χ1v) is 6.79. The summed E-state index contributed by atoms with van der Waals surface area (Å²) in [5.41, 5.74) is 0.534. The van der Waals surface area contributed by atoms with Gasteiger partial charge in [-0.05, 0) is 18.2 Å². The third kappa shape index (κ3) is 3.20. The van der Waals surface area contributed by atoms with E-state index < -0.39 is 17.7 Å². The fourth-order valence-electron chi connectivity index (χ4n) is 2.07. The average Bonchev–Trinajstić information content (AvgIpc) is 2.80. The molecule has 1 aliphatic rings. The fraction of sp³-hybridized carbons (Fsp3) is 0.286. The SMILES string of the molecule is COC(=O)C1=C(Nc2ccc(F)c(Cl)c2)C(=O)N(CCO)C1. The molecular weight excluding hydrogens is 315 g/mol. The third-order valence-electron chi connectivity index (χ3n) is 3.14. The number of carbonyl (C=O) groups is 2. The van der Waals surface area contributed by atoms with Crippen LogP contribution >= 0.6 is 11.6 Å². The number of aliphatic hydroxyl groups is 1. The van der Waals surface area contributed by atoms with Crippen LogP contribution in [0.25, 0.3) is 0 Å². The molecule has 0 spiro atoms. The fourth-order valence-corrected chi connectivity index (χ4v) is 2.25. The number of amides is 1. The van der Waals surface area contributed by atoms with Crippen LogP contribution in [-0.4, -0.2) is 48.7 Å². The van der Waals surface area contributed by atoms with E-state index in [0.29, 0.717) is 5.69 Å². The minimum absolute atomic E-state index is 0.0305. The highest BCUT2D eigenvalue weighted by Gasteiger charge is 2.34. The summed E-state index contributed by atoms with van der Waals surface area (Å²) in [6.07, 6.45) is 0. The van der Waals surface area contributed by atoms with E-state index in [9.17, 15) is 14.0 Å². The summed E-state index contributed by atoms with van der Waals surface area (Å²) in [4.78, 5) is 25.4. The number of esters is 1. The van der Waals surface area contributed by atoms with Crippen molar-refractivity contribution in [1.29, 1.82) is 0 Å². The lowest BCUT2D eigenvalue weighted by Crippen LogP contribution is -2.31. The van der Waals surface area contributed by atoms with E-state index in [1.807, 2.05) is 0 Å². The number of β-amino-alcohol motifs (C(OH)–C–C–N with tert-alkyl or cyclic N) is 1. The standard InChI is InChI=1S/C14H14ClFN2O4/c1-22-14(21)9-7-18(4-5-19)13(20)12(9)17-8-2-3-11(16)10(15)6-8/h2-3,6,17,19H,4-5,7H2,1H3. The minimum Gasteiger partial charge on any atom is -0.466 e. The predicted molar refractivity (Wildman–Crippen MR) is 77.7 cm³/mol. The molecule has 0 atom stereocenters. The zero-order chi connectivity index (χ0) is 16.3. The van der Waals surface area contributed by atoms with Crippen molar-refractivity contribution in [1.82, 2.24) is 4.90 Å². The van der Waals surface area contributed by atoms with Crippen LogP contribution in [0.2, 0.25) is 5.02 Å². The Morgan fingerprint density at radius 2 is 2.27 bits per heavy atom. The van der Waals surface area contributed by atoms with Gasteiger partial charge in [0, 0.05) is 12.2 Å². The molecule has 1 aromatic rings. The van der Waals surface area contributed by atoms with Crippen LogP contribution in [0, 0.1) is 5.82 Å². The maximum Gasteiger partial charge on any atom is 0.337 e. The first-order chi connectivity index (χ1) is 10.5. The van der Waals surface area contributed by atoms with Crippen molar-refractivity contribution in [3.63, 3.8) is 0 Å². The Hall–Kier alpha value is -2.12. The molecule has 8 heteroatoms. The van der Waals surface area contributed by atoms with E-state index in [-0.39, 0.29) is 36.0 Å². The van der Waals surface area contributed by atoms with Gasteiger partial charge in [-0.15, -0.1) is 0 Å². The zero-order valence-corrected chi connectivity index (χ0v) is 12.5. The summed E-state index contributed by atoms with van der Waals surface area (Å²) >= 11 is 5.69. The maximum atomic E-state index is 13.2. The van der Waals surface area contributed by atoms with E-state index in [2.05, 4.69) is 10.1 Å². The molecule has 1 aromatic carbocycles. The van der Waals surface area contributed by atoms with Gasteiger partial charge in [0.15, 0.2) is 0 Å². The number of ether oxygens (including phenoxy) is 1. The summed E-state index contributed by atoms with van der Waals surface area (Å²) in [6, 6.07) is 3.85. The molecule has 0 radical (unpaired) electrons. The summed E-state index contributed by atoms with van der Waals surface area (Å²) in [7, 11) is 1.21. The molecule has 1 amide bonds. The Labute approximate surface area is 131 Å². The molecule has 0 unspecified atom stereocenters. The van der Waals surface area contributed by atoms with Crippen LogP contribution in [-0.2, 0) is 14.3 Å². The van der Waals surface area contributed by atoms with E-state index in [0.717, 1.165) is 6.07 Å². The molecule has 6 nitrogen and oxygen atoms in total. The van der Waals surface area contributed by atoms with Gasteiger partial charge in [0.1, 0.15) is 11.5 Å². The lowest BCUT2D eigenvalue weighted by molar-refractivity contribution is -0.136. The van der Waals surface area contributed by atoms with Gasteiger partial charge in [-0.3, -0.25) is 4.79 Å². The number of nitrogens with zero attached hydrogens (tertiary/aromatic N) is 1. The molecule has 0 saturated carbocycles. The Morgan fingerprint density at radius 1 is 1.55 bits per heavy atom. The van der Waals surface area contributed by atoms with Gasteiger partial charge in [0.2, 0.25) is 0 Å². The molecule has 2 N–H and O–H groups in total. The van der Waals surface area contributed by atoms with E-state index in [1.54, 1.807) is 0 Å². The van der Waals surface area contributed by atoms with Crippen LogP contribution in [0.4, 0.5) is 10.1 Å². The molecule has 1 aliphatic heterocycles. The number of rotatable bonds is 5. The molecule has 118 valence electrons. The second-order valence-electron chi connectivity index (χ2n) is 4.55. The van der Waals surface area contributed by atoms with Crippen LogP contribution in [0.1, 0.15) is 0 Å². The van der Waals surface area contributed by atoms with Gasteiger partial charge in [-0.25, -0.2) is 9.18 Å². The Balaban J connectivity index is 2.32. The van der Waals surface area contributed by atoms with Gasteiger partial charge in [0.25, 0.3) is 5.91 Å². The van der Waals surface area contributed by atoms with E-state index in [1.165, 1.54) is 24.1 Å². The summed E-state index contributed by atoms with van der Waals surface area (Å²) < 4.78 is 17.8. The normalized spacial score (nSPS) is 14.5. The van der Waals surface area contributed by atoms with E-state index in [4.69, 9.17) is 16.7 Å².